The van der Waals surface area contributed by atoms with Crippen molar-refractivity contribution >= 4 is 5.78 Å². The van der Waals surface area contributed by atoms with E-state index >= 15 is 0 Å². The Morgan fingerprint density at radius 3 is 2.27 bits per heavy atom. The molecule has 1 unspecified atom stereocenters. The highest BCUT2D eigenvalue weighted by Crippen LogP contribution is 2.33. The van der Waals surface area contributed by atoms with Crippen molar-refractivity contribution in [1.29, 1.82) is 0 Å². The van der Waals surface area contributed by atoms with E-state index in [0.29, 0.717) is 5.92 Å². The van der Waals surface area contributed by atoms with Crippen molar-refractivity contribution in [3.05, 3.63) is 34.9 Å². The maximum Gasteiger partial charge on any atom is 0.179 e. The number of rotatable bonds is 3. The first-order chi connectivity index (χ1) is 7.08. The second kappa shape index (κ2) is 3.78. The zero-order valence-corrected chi connectivity index (χ0v) is 9.29. The average molecular weight is 203 g/mol. The molecule has 80 valence electrons. The quantitative estimate of drug-likeness (QED) is 0.765. The van der Waals surface area contributed by atoms with Gasteiger partial charge in [0.05, 0.1) is 6.04 Å². The standard InChI is InChI=1S/C13H17NO/c1-8-5-9(2)7-11(6-8)13(15)12(14)10-3-4-10/h5-7,10,12H,3-4,14H2,1-2H3. The Morgan fingerprint density at radius 1 is 1.27 bits per heavy atom. The fourth-order valence-corrected chi connectivity index (χ4v) is 1.98. The Kier molecular flexibility index (Phi) is 2.61. The minimum Gasteiger partial charge on any atom is -0.321 e. The van der Waals surface area contributed by atoms with Gasteiger partial charge in [-0.15, -0.1) is 0 Å². The summed E-state index contributed by atoms with van der Waals surface area (Å²) in [5.41, 5.74) is 8.93. The van der Waals surface area contributed by atoms with Crippen molar-refractivity contribution < 1.29 is 4.79 Å². The molecule has 1 aliphatic carbocycles. The van der Waals surface area contributed by atoms with E-state index in [4.69, 9.17) is 5.73 Å². The molecule has 1 aliphatic rings. The Hall–Kier alpha value is -1.15. The van der Waals surface area contributed by atoms with Gasteiger partial charge in [-0.3, -0.25) is 4.79 Å². The molecule has 0 heterocycles. The molecule has 0 bridgehead atoms. The minimum absolute atomic E-state index is 0.101. The van der Waals surface area contributed by atoms with Gasteiger partial charge in [0.25, 0.3) is 0 Å². The molecule has 1 fully saturated rings. The Morgan fingerprint density at radius 2 is 1.80 bits per heavy atom. The number of nitrogens with two attached hydrogens (primary N) is 1. The number of Topliss-reactive ketones (excluding diaryl/α,β-unsaturated/α-hetero) is 1. The van der Waals surface area contributed by atoms with Crippen LogP contribution in [0.1, 0.15) is 34.3 Å². The van der Waals surface area contributed by atoms with Gasteiger partial charge in [-0.2, -0.15) is 0 Å². The molecular weight excluding hydrogens is 186 g/mol. The summed E-state index contributed by atoms with van der Waals surface area (Å²) in [5.74, 6) is 0.530. The number of hydrogen-bond acceptors (Lipinski definition) is 2. The molecule has 1 aromatic rings. The van der Waals surface area contributed by atoms with Gasteiger partial charge in [-0.05, 0) is 44.7 Å². The highest BCUT2D eigenvalue weighted by Gasteiger charge is 2.33. The number of carbonyl (C=O) groups excluding carboxylic acids is 1. The zero-order chi connectivity index (χ0) is 11.0. The molecule has 2 rings (SSSR count). The molecule has 0 aliphatic heterocycles. The van der Waals surface area contributed by atoms with E-state index in [2.05, 4.69) is 6.07 Å². The predicted octanol–water partition coefficient (Wildman–Crippen LogP) is 2.22. The van der Waals surface area contributed by atoms with Crippen LogP contribution in [0.5, 0.6) is 0 Å². The van der Waals surface area contributed by atoms with Gasteiger partial charge in [0.1, 0.15) is 0 Å². The van der Waals surface area contributed by atoms with Crippen molar-refractivity contribution in [3.63, 3.8) is 0 Å². The van der Waals surface area contributed by atoms with Crippen molar-refractivity contribution in [2.75, 3.05) is 0 Å². The summed E-state index contributed by atoms with van der Waals surface area (Å²) in [6.07, 6.45) is 2.22. The largest absolute Gasteiger partial charge is 0.321 e. The first-order valence-electron chi connectivity index (χ1n) is 5.46. The van der Waals surface area contributed by atoms with E-state index in [0.717, 1.165) is 29.5 Å². The van der Waals surface area contributed by atoms with Crippen molar-refractivity contribution in [2.24, 2.45) is 11.7 Å². The van der Waals surface area contributed by atoms with E-state index in [-0.39, 0.29) is 11.8 Å². The molecule has 0 saturated heterocycles. The van der Waals surface area contributed by atoms with Crippen LogP contribution >= 0.6 is 0 Å². The van der Waals surface area contributed by atoms with Gasteiger partial charge in [0, 0.05) is 5.56 Å². The Bertz CT molecular complexity index is 373. The SMILES string of the molecule is Cc1cc(C)cc(C(=O)C(N)C2CC2)c1. The molecular formula is C13H17NO. The van der Waals surface area contributed by atoms with E-state index in [9.17, 15) is 4.79 Å². The molecule has 15 heavy (non-hydrogen) atoms. The average Bonchev–Trinajstić information content (AvgIpc) is 2.97. The molecule has 1 saturated carbocycles. The van der Waals surface area contributed by atoms with Crippen molar-refractivity contribution in [1.82, 2.24) is 0 Å². The minimum atomic E-state index is -0.286. The van der Waals surface area contributed by atoms with Gasteiger partial charge >= 0.3 is 0 Å². The van der Waals surface area contributed by atoms with Crippen LogP contribution in [0.4, 0.5) is 0 Å². The zero-order valence-electron chi connectivity index (χ0n) is 9.29. The van der Waals surface area contributed by atoms with Gasteiger partial charge in [0.2, 0.25) is 0 Å². The first-order valence-corrected chi connectivity index (χ1v) is 5.46. The molecule has 0 amide bonds. The fourth-order valence-electron chi connectivity index (χ4n) is 1.98. The van der Waals surface area contributed by atoms with Crippen molar-refractivity contribution in [2.45, 2.75) is 32.7 Å². The number of benzene rings is 1. The van der Waals surface area contributed by atoms with Crippen LogP contribution in [-0.4, -0.2) is 11.8 Å². The van der Waals surface area contributed by atoms with Crippen LogP contribution < -0.4 is 5.73 Å². The van der Waals surface area contributed by atoms with Gasteiger partial charge in [0.15, 0.2) is 5.78 Å². The molecule has 2 nitrogen and oxygen atoms in total. The maximum atomic E-state index is 12.0. The molecule has 0 radical (unpaired) electrons. The highest BCUT2D eigenvalue weighted by molar-refractivity contribution is 6.00. The van der Waals surface area contributed by atoms with Crippen LogP contribution in [0.2, 0.25) is 0 Å². The van der Waals surface area contributed by atoms with Crippen LogP contribution in [0.3, 0.4) is 0 Å². The third-order valence-electron chi connectivity index (χ3n) is 2.94. The lowest BCUT2D eigenvalue weighted by Gasteiger charge is -2.10. The van der Waals surface area contributed by atoms with Crippen molar-refractivity contribution in [3.8, 4) is 0 Å². The topological polar surface area (TPSA) is 43.1 Å². The number of ketones is 1. The summed E-state index contributed by atoms with van der Waals surface area (Å²) in [6, 6.07) is 5.64. The molecule has 0 spiro atoms. The normalized spacial score (nSPS) is 17.5. The number of aryl methyl sites for hydroxylation is 2. The van der Waals surface area contributed by atoms with Crippen LogP contribution in [0, 0.1) is 19.8 Å². The Labute approximate surface area is 90.5 Å². The fraction of sp³-hybridized carbons (Fsp3) is 0.462. The van der Waals surface area contributed by atoms with Gasteiger partial charge < -0.3 is 5.73 Å². The van der Waals surface area contributed by atoms with Crippen LogP contribution in [0.15, 0.2) is 18.2 Å². The summed E-state index contributed by atoms with van der Waals surface area (Å²) in [4.78, 5) is 12.0. The molecule has 1 aromatic carbocycles. The molecule has 2 N–H and O–H groups in total. The smallest absolute Gasteiger partial charge is 0.179 e. The van der Waals surface area contributed by atoms with E-state index in [1.165, 1.54) is 0 Å². The lowest BCUT2D eigenvalue weighted by atomic mass is 9.98. The van der Waals surface area contributed by atoms with Gasteiger partial charge in [-0.1, -0.05) is 17.2 Å². The summed E-state index contributed by atoms with van der Waals surface area (Å²) in [6.45, 7) is 4.01. The predicted molar refractivity (Wildman–Crippen MR) is 60.9 cm³/mol. The summed E-state index contributed by atoms with van der Waals surface area (Å²) < 4.78 is 0. The Balaban J connectivity index is 2.24. The lowest BCUT2D eigenvalue weighted by molar-refractivity contribution is 0.0951. The lowest BCUT2D eigenvalue weighted by Crippen LogP contribution is -2.32. The monoisotopic (exact) mass is 203 g/mol. The second-order valence-corrected chi connectivity index (χ2v) is 4.60. The third kappa shape index (κ3) is 2.26. The number of hydrogen-bond donors (Lipinski definition) is 1. The van der Waals surface area contributed by atoms with Crippen LogP contribution in [-0.2, 0) is 0 Å². The second-order valence-electron chi connectivity index (χ2n) is 4.60. The molecule has 0 aromatic heterocycles. The third-order valence-corrected chi connectivity index (χ3v) is 2.94. The molecule has 2 heteroatoms. The maximum absolute atomic E-state index is 12.0. The van der Waals surface area contributed by atoms with Gasteiger partial charge in [-0.25, -0.2) is 0 Å². The summed E-state index contributed by atoms with van der Waals surface area (Å²) >= 11 is 0. The first kappa shape index (κ1) is 10.4. The summed E-state index contributed by atoms with van der Waals surface area (Å²) in [5, 5.41) is 0. The van der Waals surface area contributed by atoms with E-state index < -0.39 is 0 Å². The summed E-state index contributed by atoms with van der Waals surface area (Å²) in [7, 11) is 0. The van der Waals surface area contributed by atoms with E-state index in [1.807, 2.05) is 26.0 Å². The molecule has 1 atom stereocenters. The van der Waals surface area contributed by atoms with Crippen LogP contribution in [0.25, 0.3) is 0 Å². The highest BCUT2D eigenvalue weighted by atomic mass is 16.1. The van der Waals surface area contributed by atoms with E-state index in [1.54, 1.807) is 0 Å². The number of carbonyl (C=O) groups is 1.